The van der Waals surface area contributed by atoms with E-state index in [0.29, 0.717) is 11.4 Å². The van der Waals surface area contributed by atoms with Crippen LogP contribution in [0.15, 0.2) is 56.2 Å². The zero-order valence-corrected chi connectivity index (χ0v) is 13.6. The SMILES string of the molecule is Cc1ccc(SSc2ccc(C)c(N=C=O)c2)cc1N=C=O. The third-order valence-electron chi connectivity index (χ3n) is 2.93. The van der Waals surface area contributed by atoms with Crippen LogP contribution in [0.3, 0.4) is 0 Å². The lowest BCUT2D eigenvalue weighted by Crippen LogP contribution is -1.77. The molecule has 0 heterocycles. The van der Waals surface area contributed by atoms with E-state index in [9.17, 15) is 9.59 Å². The van der Waals surface area contributed by atoms with Crippen molar-refractivity contribution >= 4 is 45.1 Å². The molecule has 110 valence electrons. The second kappa shape index (κ2) is 7.78. The van der Waals surface area contributed by atoms with Crippen LogP contribution in [0, 0.1) is 13.8 Å². The van der Waals surface area contributed by atoms with Gasteiger partial charge in [0.05, 0.1) is 11.4 Å². The normalized spacial score (nSPS) is 9.73. The van der Waals surface area contributed by atoms with Crippen LogP contribution in [0.5, 0.6) is 0 Å². The zero-order valence-electron chi connectivity index (χ0n) is 12.0. The predicted octanol–water partition coefficient (Wildman–Crippen LogP) is 5.04. The van der Waals surface area contributed by atoms with Gasteiger partial charge in [-0.3, -0.25) is 0 Å². The number of rotatable bonds is 5. The fraction of sp³-hybridized carbons (Fsp3) is 0.125. The monoisotopic (exact) mass is 328 g/mol. The summed E-state index contributed by atoms with van der Waals surface area (Å²) in [6, 6.07) is 11.4. The van der Waals surface area contributed by atoms with Gasteiger partial charge >= 0.3 is 0 Å². The molecule has 6 heteroatoms. The van der Waals surface area contributed by atoms with Crippen LogP contribution in [0.4, 0.5) is 11.4 Å². The maximum absolute atomic E-state index is 10.4. The Labute approximate surface area is 136 Å². The molecule has 0 unspecified atom stereocenters. The average molecular weight is 328 g/mol. The summed E-state index contributed by atoms with van der Waals surface area (Å²) in [5, 5.41) is 0. The number of hydrogen-bond donors (Lipinski definition) is 0. The third-order valence-corrected chi connectivity index (χ3v) is 5.31. The Hall–Kier alpha value is -2.10. The van der Waals surface area contributed by atoms with Gasteiger partial charge in [-0.25, -0.2) is 9.59 Å². The van der Waals surface area contributed by atoms with Gasteiger partial charge in [0.15, 0.2) is 0 Å². The Kier molecular flexibility index (Phi) is 5.75. The first-order valence-corrected chi connectivity index (χ1v) is 8.50. The molecular weight excluding hydrogens is 316 g/mol. The molecule has 0 amide bonds. The second-order valence-electron chi connectivity index (χ2n) is 4.47. The van der Waals surface area contributed by atoms with Crippen LogP contribution in [-0.4, -0.2) is 12.2 Å². The molecule has 0 saturated heterocycles. The summed E-state index contributed by atoms with van der Waals surface area (Å²) >= 11 is 0. The molecule has 0 atom stereocenters. The van der Waals surface area contributed by atoms with E-state index in [2.05, 4.69) is 9.98 Å². The molecule has 22 heavy (non-hydrogen) atoms. The van der Waals surface area contributed by atoms with Crippen LogP contribution < -0.4 is 0 Å². The summed E-state index contributed by atoms with van der Waals surface area (Å²) in [6.07, 6.45) is 3.13. The number of hydrogen-bond acceptors (Lipinski definition) is 6. The van der Waals surface area contributed by atoms with E-state index in [1.165, 1.54) is 0 Å². The lowest BCUT2D eigenvalue weighted by molar-refractivity contribution is 0.564. The molecule has 0 aliphatic carbocycles. The molecule has 0 fully saturated rings. The van der Waals surface area contributed by atoms with E-state index in [4.69, 9.17) is 0 Å². The first-order chi connectivity index (χ1) is 10.6. The van der Waals surface area contributed by atoms with Gasteiger partial charge in [0.25, 0.3) is 0 Å². The highest BCUT2D eigenvalue weighted by Gasteiger charge is 2.04. The van der Waals surface area contributed by atoms with Crippen LogP contribution in [-0.2, 0) is 9.59 Å². The van der Waals surface area contributed by atoms with E-state index < -0.39 is 0 Å². The molecule has 2 aromatic carbocycles. The van der Waals surface area contributed by atoms with Crippen molar-refractivity contribution in [3.05, 3.63) is 47.5 Å². The maximum atomic E-state index is 10.4. The van der Waals surface area contributed by atoms with Crippen molar-refractivity contribution in [1.29, 1.82) is 0 Å². The van der Waals surface area contributed by atoms with Crippen molar-refractivity contribution in [1.82, 2.24) is 0 Å². The summed E-state index contributed by atoms with van der Waals surface area (Å²) in [6.45, 7) is 3.78. The number of isocyanates is 2. The lowest BCUT2D eigenvalue weighted by Gasteiger charge is -2.05. The number of nitrogens with zero attached hydrogens (tertiary/aromatic N) is 2. The Bertz CT molecular complexity index is 725. The van der Waals surface area contributed by atoms with E-state index >= 15 is 0 Å². The van der Waals surface area contributed by atoms with E-state index in [1.807, 2.05) is 50.2 Å². The van der Waals surface area contributed by atoms with Crippen molar-refractivity contribution in [2.24, 2.45) is 9.98 Å². The zero-order chi connectivity index (χ0) is 15.9. The topological polar surface area (TPSA) is 58.9 Å². The number of carbonyl (C=O) groups excluding carboxylic acids is 2. The third kappa shape index (κ3) is 4.20. The first-order valence-electron chi connectivity index (χ1n) is 6.35. The largest absolute Gasteiger partial charge is 0.240 e. The molecule has 0 N–H and O–H groups in total. The number of aliphatic imine (C=N–C) groups is 2. The molecule has 2 aromatic rings. The smallest absolute Gasteiger partial charge is 0.211 e. The van der Waals surface area contributed by atoms with Gasteiger partial charge in [0, 0.05) is 9.79 Å². The minimum Gasteiger partial charge on any atom is -0.211 e. The van der Waals surface area contributed by atoms with Crippen LogP contribution in [0.1, 0.15) is 11.1 Å². The fourth-order valence-corrected chi connectivity index (χ4v) is 3.68. The van der Waals surface area contributed by atoms with E-state index in [0.717, 1.165) is 20.9 Å². The Morgan fingerprint density at radius 1 is 0.773 bits per heavy atom. The van der Waals surface area contributed by atoms with Crippen LogP contribution in [0.2, 0.25) is 0 Å². The van der Waals surface area contributed by atoms with Gasteiger partial charge in [-0.15, -0.1) is 0 Å². The molecule has 0 aromatic heterocycles. The maximum Gasteiger partial charge on any atom is 0.240 e. The Morgan fingerprint density at radius 2 is 1.18 bits per heavy atom. The number of benzene rings is 2. The van der Waals surface area contributed by atoms with Gasteiger partial charge in [-0.2, -0.15) is 9.98 Å². The standard InChI is InChI=1S/C16H12N2O2S2/c1-11-3-5-13(7-15(11)17-9-19)21-22-14-6-4-12(2)16(8-14)18-10-20/h3-8H,1-2H3. The molecule has 0 radical (unpaired) electrons. The second-order valence-corrected chi connectivity index (χ2v) is 6.75. The van der Waals surface area contributed by atoms with E-state index in [-0.39, 0.29) is 0 Å². The molecule has 2 rings (SSSR count). The van der Waals surface area contributed by atoms with Gasteiger partial charge in [0.2, 0.25) is 12.2 Å². The molecule has 4 nitrogen and oxygen atoms in total. The lowest BCUT2D eigenvalue weighted by atomic mass is 10.2. The van der Waals surface area contributed by atoms with Crippen LogP contribution >= 0.6 is 21.6 Å². The Balaban J connectivity index is 2.16. The minimum atomic E-state index is 0.621. The van der Waals surface area contributed by atoms with Gasteiger partial charge in [-0.1, -0.05) is 33.7 Å². The highest BCUT2D eigenvalue weighted by Crippen LogP contribution is 2.40. The average Bonchev–Trinajstić information content (AvgIpc) is 2.51. The van der Waals surface area contributed by atoms with Crippen LogP contribution in [0.25, 0.3) is 0 Å². The molecule has 0 spiro atoms. The molecule has 0 saturated carbocycles. The Morgan fingerprint density at radius 3 is 1.55 bits per heavy atom. The predicted molar refractivity (Wildman–Crippen MR) is 89.6 cm³/mol. The summed E-state index contributed by atoms with van der Waals surface area (Å²) in [5.41, 5.74) is 3.10. The van der Waals surface area contributed by atoms with Gasteiger partial charge in [-0.05, 0) is 49.2 Å². The quantitative estimate of drug-likeness (QED) is 0.438. The van der Waals surface area contributed by atoms with Crippen molar-refractivity contribution in [2.75, 3.05) is 0 Å². The fourth-order valence-electron chi connectivity index (χ4n) is 1.72. The van der Waals surface area contributed by atoms with Gasteiger partial charge < -0.3 is 0 Å². The van der Waals surface area contributed by atoms with Crippen molar-refractivity contribution < 1.29 is 9.59 Å². The molecule has 0 bridgehead atoms. The summed E-state index contributed by atoms with van der Waals surface area (Å²) in [7, 11) is 3.08. The summed E-state index contributed by atoms with van der Waals surface area (Å²) in [5.74, 6) is 0. The van der Waals surface area contributed by atoms with Crippen molar-refractivity contribution in [3.8, 4) is 0 Å². The highest BCUT2D eigenvalue weighted by atomic mass is 33.1. The minimum absolute atomic E-state index is 0.621. The van der Waals surface area contributed by atoms with E-state index in [1.54, 1.807) is 33.7 Å². The highest BCUT2D eigenvalue weighted by molar-refractivity contribution is 8.76. The van der Waals surface area contributed by atoms with Crippen molar-refractivity contribution in [3.63, 3.8) is 0 Å². The summed E-state index contributed by atoms with van der Waals surface area (Å²) < 4.78 is 0. The number of aryl methyl sites for hydroxylation is 2. The molecule has 0 aliphatic heterocycles. The molecule has 0 aliphatic rings. The molecular formula is C16H12N2O2S2. The summed E-state index contributed by atoms with van der Waals surface area (Å²) in [4.78, 5) is 30.1. The van der Waals surface area contributed by atoms with Gasteiger partial charge in [0.1, 0.15) is 0 Å². The first kappa shape index (κ1) is 16.3. The van der Waals surface area contributed by atoms with Crippen molar-refractivity contribution in [2.45, 2.75) is 23.6 Å².